The van der Waals surface area contributed by atoms with Gasteiger partial charge in [-0.25, -0.2) is 9.66 Å². The first-order valence-electron chi connectivity index (χ1n) is 7.97. The first-order chi connectivity index (χ1) is 10.2. The van der Waals surface area contributed by atoms with E-state index in [9.17, 15) is 0 Å². The molecule has 4 N–H and O–H groups in total. The predicted octanol–water partition coefficient (Wildman–Crippen LogP) is 3.38. The van der Waals surface area contributed by atoms with Crippen molar-refractivity contribution < 1.29 is 0 Å². The van der Waals surface area contributed by atoms with Gasteiger partial charge < -0.3 is 11.6 Å². The molecule has 0 unspecified atom stereocenters. The second-order valence-corrected chi connectivity index (χ2v) is 6.45. The lowest BCUT2D eigenvalue weighted by molar-refractivity contribution is 0.648. The number of anilines is 1. The van der Waals surface area contributed by atoms with Gasteiger partial charge in [-0.1, -0.05) is 37.1 Å². The molecule has 110 valence electrons. The average molecular weight is 282 g/mol. The minimum atomic E-state index is 0.469. The van der Waals surface area contributed by atoms with Crippen molar-refractivity contribution in [2.24, 2.45) is 0 Å². The molecular formula is C17H22N4. The van der Waals surface area contributed by atoms with Crippen LogP contribution in [0.2, 0.25) is 0 Å². The summed E-state index contributed by atoms with van der Waals surface area (Å²) >= 11 is 0. The molecule has 1 heterocycles. The van der Waals surface area contributed by atoms with Gasteiger partial charge in [-0.15, -0.1) is 0 Å². The molecule has 4 rings (SSSR count). The molecule has 21 heavy (non-hydrogen) atoms. The SMILES string of the molecule is Nc1c(-c2ccc(C3CC3)cc2)nc(C2CCCC2)n1N. The smallest absolute Gasteiger partial charge is 0.150 e. The summed E-state index contributed by atoms with van der Waals surface area (Å²) in [6.07, 6.45) is 7.53. The Balaban J connectivity index is 1.68. The molecule has 2 aromatic rings. The maximum absolute atomic E-state index is 6.19. The summed E-state index contributed by atoms with van der Waals surface area (Å²) in [4.78, 5) is 4.76. The number of nitrogens with two attached hydrogens (primary N) is 2. The van der Waals surface area contributed by atoms with Crippen molar-refractivity contribution in [1.82, 2.24) is 9.66 Å². The largest absolute Gasteiger partial charge is 0.382 e. The molecule has 4 nitrogen and oxygen atoms in total. The Morgan fingerprint density at radius 1 is 0.952 bits per heavy atom. The van der Waals surface area contributed by atoms with Crippen LogP contribution in [0, 0.1) is 0 Å². The van der Waals surface area contributed by atoms with E-state index >= 15 is 0 Å². The van der Waals surface area contributed by atoms with Gasteiger partial charge in [0.05, 0.1) is 0 Å². The summed E-state index contributed by atoms with van der Waals surface area (Å²) in [5.41, 5.74) is 9.52. The normalized spacial score (nSPS) is 19.2. The molecule has 2 saturated carbocycles. The highest BCUT2D eigenvalue weighted by atomic mass is 15.4. The minimum Gasteiger partial charge on any atom is -0.382 e. The lowest BCUT2D eigenvalue weighted by atomic mass is 10.1. The van der Waals surface area contributed by atoms with Crippen molar-refractivity contribution in [3.05, 3.63) is 35.7 Å². The molecule has 0 amide bonds. The summed E-state index contributed by atoms with van der Waals surface area (Å²) < 4.78 is 1.60. The number of hydrogen-bond donors (Lipinski definition) is 2. The molecule has 0 spiro atoms. The van der Waals surface area contributed by atoms with Crippen LogP contribution in [0.5, 0.6) is 0 Å². The highest BCUT2D eigenvalue weighted by molar-refractivity contribution is 5.71. The van der Waals surface area contributed by atoms with Gasteiger partial charge >= 0.3 is 0 Å². The minimum absolute atomic E-state index is 0.469. The van der Waals surface area contributed by atoms with Crippen molar-refractivity contribution in [2.45, 2.75) is 50.4 Å². The molecule has 2 aliphatic rings. The van der Waals surface area contributed by atoms with Crippen LogP contribution < -0.4 is 11.6 Å². The van der Waals surface area contributed by atoms with E-state index in [0.29, 0.717) is 11.7 Å². The summed E-state index contributed by atoms with van der Waals surface area (Å²) in [6.45, 7) is 0. The van der Waals surface area contributed by atoms with Crippen molar-refractivity contribution >= 4 is 5.82 Å². The van der Waals surface area contributed by atoms with E-state index in [1.54, 1.807) is 4.68 Å². The number of imidazole rings is 1. The average Bonchev–Trinajstić information content (AvgIpc) is 3.14. The van der Waals surface area contributed by atoms with Crippen molar-refractivity contribution in [3.63, 3.8) is 0 Å². The topological polar surface area (TPSA) is 69.9 Å². The lowest BCUT2D eigenvalue weighted by Gasteiger charge is -2.08. The molecule has 0 saturated heterocycles. The number of hydrogen-bond acceptors (Lipinski definition) is 3. The van der Waals surface area contributed by atoms with E-state index in [1.807, 2.05) is 0 Å². The maximum Gasteiger partial charge on any atom is 0.150 e. The molecular weight excluding hydrogens is 260 g/mol. The van der Waals surface area contributed by atoms with Gasteiger partial charge in [0.15, 0.2) is 5.82 Å². The monoisotopic (exact) mass is 282 g/mol. The highest BCUT2D eigenvalue weighted by Crippen LogP contribution is 2.41. The van der Waals surface area contributed by atoms with Crippen molar-refractivity contribution in [3.8, 4) is 11.3 Å². The summed E-state index contributed by atoms with van der Waals surface area (Å²) in [7, 11) is 0. The fraction of sp³-hybridized carbons (Fsp3) is 0.471. The molecule has 1 aromatic carbocycles. The van der Waals surface area contributed by atoms with Crippen LogP contribution in [0.25, 0.3) is 11.3 Å². The van der Waals surface area contributed by atoms with Gasteiger partial charge in [0.1, 0.15) is 11.5 Å². The van der Waals surface area contributed by atoms with Gasteiger partial charge in [-0.3, -0.25) is 0 Å². The Morgan fingerprint density at radius 3 is 2.24 bits per heavy atom. The zero-order valence-electron chi connectivity index (χ0n) is 12.3. The fourth-order valence-corrected chi connectivity index (χ4v) is 3.48. The number of nitrogen functional groups attached to an aromatic ring is 2. The first kappa shape index (κ1) is 12.7. The molecule has 4 heteroatoms. The number of nitrogens with zero attached hydrogens (tertiary/aromatic N) is 2. The van der Waals surface area contributed by atoms with E-state index in [-0.39, 0.29) is 0 Å². The van der Waals surface area contributed by atoms with E-state index < -0.39 is 0 Å². The maximum atomic E-state index is 6.19. The van der Waals surface area contributed by atoms with E-state index in [2.05, 4.69) is 24.3 Å². The van der Waals surface area contributed by atoms with E-state index in [4.69, 9.17) is 16.6 Å². The highest BCUT2D eigenvalue weighted by Gasteiger charge is 2.26. The Labute approximate surface area is 125 Å². The zero-order chi connectivity index (χ0) is 14.4. The van der Waals surface area contributed by atoms with Gasteiger partial charge in [-0.2, -0.15) is 0 Å². The molecule has 2 aliphatic carbocycles. The quantitative estimate of drug-likeness (QED) is 0.848. The Kier molecular flexibility index (Phi) is 2.91. The van der Waals surface area contributed by atoms with Crippen LogP contribution in [0.4, 0.5) is 5.82 Å². The van der Waals surface area contributed by atoms with Crippen LogP contribution in [0.15, 0.2) is 24.3 Å². The second kappa shape index (κ2) is 4.79. The molecule has 2 fully saturated rings. The van der Waals surface area contributed by atoms with Crippen LogP contribution in [0.1, 0.15) is 61.7 Å². The zero-order valence-corrected chi connectivity index (χ0v) is 12.3. The van der Waals surface area contributed by atoms with E-state index in [1.165, 1.54) is 44.1 Å². The molecule has 0 atom stereocenters. The summed E-state index contributed by atoms with van der Waals surface area (Å²) in [6, 6.07) is 8.67. The Morgan fingerprint density at radius 2 is 1.62 bits per heavy atom. The number of benzene rings is 1. The third-order valence-corrected chi connectivity index (χ3v) is 4.93. The third-order valence-electron chi connectivity index (χ3n) is 4.93. The van der Waals surface area contributed by atoms with Crippen LogP contribution >= 0.6 is 0 Å². The van der Waals surface area contributed by atoms with Gasteiger partial charge in [0.25, 0.3) is 0 Å². The van der Waals surface area contributed by atoms with Gasteiger partial charge in [-0.05, 0) is 37.2 Å². The van der Waals surface area contributed by atoms with Crippen LogP contribution in [0.3, 0.4) is 0 Å². The lowest BCUT2D eigenvalue weighted by Crippen LogP contribution is -2.17. The molecule has 0 radical (unpaired) electrons. The second-order valence-electron chi connectivity index (χ2n) is 6.45. The predicted molar refractivity (Wildman–Crippen MR) is 85.4 cm³/mol. The fourth-order valence-electron chi connectivity index (χ4n) is 3.48. The standard InChI is InChI=1S/C17H22N4/c18-16-15(13-9-7-12(8-10-13)11-5-6-11)20-17(21(16)19)14-3-1-2-4-14/h7-11,14H,1-6,18-19H2. The Hall–Kier alpha value is -1.97. The third kappa shape index (κ3) is 2.19. The number of aromatic nitrogens is 2. The summed E-state index contributed by atoms with van der Waals surface area (Å²) in [5, 5.41) is 0. The number of rotatable bonds is 3. The van der Waals surface area contributed by atoms with E-state index in [0.717, 1.165) is 23.0 Å². The van der Waals surface area contributed by atoms with Crippen LogP contribution in [-0.2, 0) is 0 Å². The molecule has 0 bridgehead atoms. The molecule has 0 aliphatic heterocycles. The van der Waals surface area contributed by atoms with Crippen LogP contribution in [-0.4, -0.2) is 9.66 Å². The van der Waals surface area contributed by atoms with Crippen molar-refractivity contribution in [2.75, 3.05) is 11.6 Å². The Bertz CT molecular complexity index is 646. The van der Waals surface area contributed by atoms with Gasteiger partial charge in [0.2, 0.25) is 0 Å². The summed E-state index contributed by atoms with van der Waals surface area (Å²) in [5.74, 6) is 8.91. The first-order valence-corrected chi connectivity index (χ1v) is 7.97. The van der Waals surface area contributed by atoms with Crippen molar-refractivity contribution in [1.29, 1.82) is 0 Å². The molecule has 1 aromatic heterocycles. The van der Waals surface area contributed by atoms with Gasteiger partial charge in [0, 0.05) is 11.5 Å².